The Morgan fingerprint density at radius 1 is 1.44 bits per heavy atom. The van der Waals surface area contributed by atoms with Crippen molar-refractivity contribution in [2.75, 3.05) is 18.1 Å². The standard InChI is InChI=1S/C13H25NS2/c1-4-6-7-12(14-8-5-2)13-11(3)15-9-10-16-13/h4,11-14H,1,5-10H2,2-3H3. The molecule has 3 unspecified atom stereocenters. The van der Waals surface area contributed by atoms with E-state index >= 15 is 0 Å². The van der Waals surface area contributed by atoms with Crippen LogP contribution in [0.25, 0.3) is 0 Å². The first kappa shape index (κ1) is 14.5. The minimum Gasteiger partial charge on any atom is -0.313 e. The molecule has 1 rings (SSSR count). The maximum atomic E-state index is 3.84. The van der Waals surface area contributed by atoms with Crippen molar-refractivity contribution in [3.8, 4) is 0 Å². The first-order valence-electron chi connectivity index (χ1n) is 6.37. The van der Waals surface area contributed by atoms with Crippen LogP contribution < -0.4 is 5.32 Å². The van der Waals surface area contributed by atoms with Crippen molar-refractivity contribution in [2.24, 2.45) is 0 Å². The van der Waals surface area contributed by atoms with Crippen LogP contribution in [0.5, 0.6) is 0 Å². The van der Waals surface area contributed by atoms with E-state index in [9.17, 15) is 0 Å². The van der Waals surface area contributed by atoms with Crippen LogP contribution in [0.1, 0.15) is 33.1 Å². The largest absolute Gasteiger partial charge is 0.313 e. The molecular weight excluding hydrogens is 234 g/mol. The van der Waals surface area contributed by atoms with E-state index in [0.29, 0.717) is 6.04 Å². The Bertz CT molecular complexity index is 196. The number of hydrogen-bond acceptors (Lipinski definition) is 3. The van der Waals surface area contributed by atoms with E-state index in [2.05, 4.69) is 49.3 Å². The summed E-state index contributed by atoms with van der Waals surface area (Å²) in [4.78, 5) is 0. The van der Waals surface area contributed by atoms with Crippen LogP contribution in [-0.4, -0.2) is 34.6 Å². The molecule has 16 heavy (non-hydrogen) atoms. The van der Waals surface area contributed by atoms with E-state index in [-0.39, 0.29) is 0 Å². The third kappa shape index (κ3) is 4.72. The highest BCUT2D eigenvalue weighted by Gasteiger charge is 2.29. The zero-order chi connectivity index (χ0) is 11.8. The SMILES string of the molecule is C=CCCC(NCCC)C1SCCSC1C. The van der Waals surface area contributed by atoms with Gasteiger partial charge in [-0.2, -0.15) is 23.5 Å². The lowest BCUT2D eigenvalue weighted by molar-refractivity contribution is 0.465. The van der Waals surface area contributed by atoms with Crippen molar-refractivity contribution in [3.05, 3.63) is 12.7 Å². The van der Waals surface area contributed by atoms with Crippen molar-refractivity contribution in [3.63, 3.8) is 0 Å². The summed E-state index contributed by atoms with van der Waals surface area (Å²) in [6.07, 6.45) is 5.65. The highest BCUT2D eigenvalue weighted by molar-refractivity contribution is 8.07. The molecule has 1 fully saturated rings. The van der Waals surface area contributed by atoms with Crippen LogP contribution in [0.2, 0.25) is 0 Å². The van der Waals surface area contributed by atoms with E-state index in [1.54, 1.807) is 0 Å². The zero-order valence-electron chi connectivity index (χ0n) is 10.6. The molecule has 0 amide bonds. The van der Waals surface area contributed by atoms with Crippen LogP contribution in [-0.2, 0) is 0 Å². The summed E-state index contributed by atoms with van der Waals surface area (Å²) < 4.78 is 0. The quantitative estimate of drug-likeness (QED) is 0.702. The molecule has 0 saturated carbocycles. The second-order valence-electron chi connectivity index (χ2n) is 4.34. The second kappa shape index (κ2) is 8.48. The summed E-state index contributed by atoms with van der Waals surface area (Å²) in [7, 11) is 0. The monoisotopic (exact) mass is 259 g/mol. The molecule has 3 atom stereocenters. The molecule has 1 N–H and O–H groups in total. The van der Waals surface area contributed by atoms with Crippen LogP contribution >= 0.6 is 23.5 Å². The number of allylic oxidation sites excluding steroid dienone is 1. The van der Waals surface area contributed by atoms with Crippen molar-refractivity contribution in [1.29, 1.82) is 0 Å². The minimum atomic E-state index is 0.672. The van der Waals surface area contributed by atoms with Gasteiger partial charge in [-0.15, -0.1) is 6.58 Å². The molecule has 0 radical (unpaired) electrons. The normalized spacial score (nSPS) is 27.6. The lowest BCUT2D eigenvalue weighted by Gasteiger charge is -2.35. The van der Waals surface area contributed by atoms with Crippen LogP contribution in [0.4, 0.5) is 0 Å². The van der Waals surface area contributed by atoms with Gasteiger partial charge in [0.1, 0.15) is 0 Å². The average molecular weight is 259 g/mol. The van der Waals surface area contributed by atoms with Gasteiger partial charge in [0.15, 0.2) is 0 Å². The van der Waals surface area contributed by atoms with E-state index < -0.39 is 0 Å². The first-order chi connectivity index (χ1) is 7.79. The number of thioether (sulfide) groups is 2. The van der Waals surface area contributed by atoms with Crippen molar-refractivity contribution < 1.29 is 0 Å². The number of nitrogens with one attached hydrogen (secondary N) is 1. The molecule has 1 aliphatic heterocycles. The first-order valence-corrected chi connectivity index (χ1v) is 8.46. The Kier molecular flexibility index (Phi) is 7.67. The summed E-state index contributed by atoms with van der Waals surface area (Å²) in [6.45, 7) is 9.61. The van der Waals surface area contributed by atoms with Gasteiger partial charge in [-0.05, 0) is 25.8 Å². The predicted molar refractivity (Wildman–Crippen MR) is 79.7 cm³/mol. The van der Waals surface area contributed by atoms with E-state index in [1.807, 2.05) is 6.08 Å². The highest BCUT2D eigenvalue weighted by Crippen LogP contribution is 2.34. The van der Waals surface area contributed by atoms with E-state index in [1.165, 1.54) is 24.3 Å². The fraction of sp³-hybridized carbons (Fsp3) is 0.846. The lowest BCUT2D eigenvalue weighted by atomic mass is 10.1. The van der Waals surface area contributed by atoms with Gasteiger partial charge in [-0.3, -0.25) is 0 Å². The summed E-state index contributed by atoms with van der Waals surface area (Å²) >= 11 is 4.30. The summed E-state index contributed by atoms with van der Waals surface area (Å²) in [5.41, 5.74) is 0. The molecule has 1 heterocycles. The summed E-state index contributed by atoms with van der Waals surface area (Å²) in [6, 6.07) is 0.672. The Hall–Kier alpha value is 0.400. The predicted octanol–water partition coefficient (Wildman–Crippen LogP) is 3.56. The Morgan fingerprint density at radius 2 is 2.19 bits per heavy atom. The molecule has 94 valence electrons. The van der Waals surface area contributed by atoms with E-state index in [4.69, 9.17) is 0 Å². The summed E-state index contributed by atoms with van der Waals surface area (Å²) in [5, 5.41) is 5.29. The van der Waals surface area contributed by atoms with Crippen molar-refractivity contribution >= 4 is 23.5 Å². The highest BCUT2D eigenvalue weighted by atomic mass is 32.2. The molecule has 1 aliphatic rings. The van der Waals surface area contributed by atoms with Gasteiger partial charge in [-0.25, -0.2) is 0 Å². The van der Waals surface area contributed by atoms with Gasteiger partial charge in [0.2, 0.25) is 0 Å². The zero-order valence-corrected chi connectivity index (χ0v) is 12.2. The van der Waals surface area contributed by atoms with Gasteiger partial charge in [0.25, 0.3) is 0 Å². The molecule has 0 bridgehead atoms. The van der Waals surface area contributed by atoms with Crippen LogP contribution in [0, 0.1) is 0 Å². The van der Waals surface area contributed by atoms with Crippen molar-refractivity contribution in [2.45, 2.75) is 49.7 Å². The molecular formula is C13H25NS2. The maximum absolute atomic E-state index is 3.84. The fourth-order valence-corrected chi connectivity index (χ4v) is 5.10. The molecule has 1 saturated heterocycles. The molecule has 1 nitrogen and oxygen atoms in total. The molecule has 0 aromatic carbocycles. The van der Waals surface area contributed by atoms with Gasteiger partial charge >= 0.3 is 0 Å². The smallest absolute Gasteiger partial charge is 0.0317 e. The Morgan fingerprint density at radius 3 is 2.81 bits per heavy atom. The van der Waals surface area contributed by atoms with Gasteiger partial charge in [0, 0.05) is 28.0 Å². The molecule has 0 aliphatic carbocycles. The van der Waals surface area contributed by atoms with Gasteiger partial charge in [-0.1, -0.05) is 19.9 Å². The molecule has 0 aromatic rings. The third-order valence-corrected chi connectivity index (χ3v) is 6.22. The van der Waals surface area contributed by atoms with Gasteiger partial charge in [0.05, 0.1) is 0 Å². The average Bonchev–Trinajstić information content (AvgIpc) is 2.31. The third-order valence-electron chi connectivity index (χ3n) is 2.97. The van der Waals surface area contributed by atoms with Crippen LogP contribution in [0.3, 0.4) is 0 Å². The molecule has 3 heteroatoms. The Labute approximate surface area is 109 Å². The van der Waals surface area contributed by atoms with Crippen molar-refractivity contribution in [1.82, 2.24) is 5.32 Å². The number of rotatable bonds is 7. The molecule has 0 spiro atoms. The maximum Gasteiger partial charge on any atom is 0.0317 e. The van der Waals surface area contributed by atoms with Gasteiger partial charge < -0.3 is 5.32 Å². The second-order valence-corrected chi connectivity index (χ2v) is 7.11. The van der Waals surface area contributed by atoms with E-state index in [0.717, 1.165) is 23.5 Å². The topological polar surface area (TPSA) is 12.0 Å². The fourth-order valence-electron chi connectivity index (χ4n) is 2.10. The Balaban J connectivity index is 2.46. The summed E-state index contributed by atoms with van der Waals surface area (Å²) in [5.74, 6) is 2.64. The van der Waals surface area contributed by atoms with Crippen LogP contribution in [0.15, 0.2) is 12.7 Å². The lowest BCUT2D eigenvalue weighted by Crippen LogP contribution is -2.44. The molecule has 0 aromatic heterocycles. The minimum absolute atomic E-state index is 0.672. The number of hydrogen-bond donors (Lipinski definition) is 1.